The molecule has 0 aliphatic heterocycles. The molecule has 0 atom stereocenters. The van der Waals surface area contributed by atoms with Crippen LogP contribution in [0.5, 0.6) is 0 Å². The van der Waals surface area contributed by atoms with Crippen molar-refractivity contribution in [2.75, 3.05) is 5.32 Å². The lowest BCUT2D eigenvalue weighted by Gasteiger charge is -2.08. The van der Waals surface area contributed by atoms with Gasteiger partial charge in [-0.3, -0.25) is 0 Å². The second-order valence-electron chi connectivity index (χ2n) is 3.29. The van der Waals surface area contributed by atoms with E-state index >= 15 is 0 Å². The van der Waals surface area contributed by atoms with Gasteiger partial charge in [-0.15, -0.1) is 10.2 Å². The lowest BCUT2D eigenvalue weighted by Crippen LogP contribution is -2.00. The van der Waals surface area contributed by atoms with Crippen LogP contribution in [0.25, 0.3) is 0 Å². The van der Waals surface area contributed by atoms with Gasteiger partial charge in [-0.1, -0.05) is 23.2 Å². The standard InChI is InChI=1S/C10H8BrCl2N3O/c1-5-15-16-8(17-5)4-14-7-3-2-6(11)9(12)10(7)13/h2-3,14H,4H2,1H3. The number of rotatable bonds is 3. The number of nitrogens with zero attached hydrogens (tertiary/aromatic N) is 2. The number of hydrogen-bond donors (Lipinski definition) is 1. The highest BCUT2D eigenvalue weighted by molar-refractivity contribution is 9.10. The first kappa shape index (κ1) is 12.7. The fourth-order valence-corrected chi connectivity index (χ4v) is 2.08. The Labute approximate surface area is 116 Å². The summed E-state index contributed by atoms with van der Waals surface area (Å²) >= 11 is 15.4. The van der Waals surface area contributed by atoms with Crippen LogP contribution in [0, 0.1) is 6.92 Å². The molecule has 0 bridgehead atoms. The van der Waals surface area contributed by atoms with E-state index in [0.717, 1.165) is 10.2 Å². The average molecular weight is 337 g/mol. The Hall–Kier alpha value is -0.780. The summed E-state index contributed by atoms with van der Waals surface area (Å²) in [6.07, 6.45) is 0. The summed E-state index contributed by atoms with van der Waals surface area (Å²) in [5, 5.41) is 11.6. The van der Waals surface area contributed by atoms with Gasteiger partial charge in [-0.25, -0.2) is 0 Å². The van der Waals surface area contributed by atoms with Gasteiger partial charge in [0.1, 0.15) is 0 Å². The largest absolute Gasteiger partial charge is 0.424 e. The van der Waals surface area contributed by atoms with Gasteiger partial charge in [0, 0.05) is 11.4 Å². The van der Waals surface area contributed by atoms with Crippen LogP contribution in [0.15, 0.2) is 21.0 Å². The molecule has 0 saturated heterocycles. The highest BCUT2D eigenvalue weighted by atomic mass is 79.9. The molecule has 0 fully saturated rings. The predicted molar refractivity (Wildman–Crippen MR) is 70.5 cm³/mol. The molecule has 0 aliphatic carbocycles. The fraction of sp³-hybridized carbons (Fsp3) is 0.200. The smallest absolute Gasteiger partial charge is 0.235 e. The number of anilines is 1. The maximum Gasteiger partial charge on any atom is 0.235 e. The van der Waals surface area contributed by atoms with E-state index in [9.17, 15) is 0 Å². The van der Waals surface area contributed by atoms with Gasteiger partial charge in [0.2, 0.25) is 11.8 Å². The number of halogens is 3. The number of nitrogens with one attached hydrogen (secondary N) is 1. The van der Waals surface area contributed by atoms with Crippen molar-refractivity contribution in [1.82, 2.24) is 10.2 Å². The van der Waals surface area contributed by atoms with Crippen molar-refractivity contribution in [3.63, 3.8) is 0 Å². The summed E-state index contributed by atoms with van der Waals surface area (Å²) < 4.78 is 5.98. The van der Waals surface area contributed by atoms with Crippen molar-refractivity contribution in [3.8, 4) is 0 Å². The molecule has 2 aromatic rings. The highest BCUT2D eigenvalue weighted by Gasteiger charge is 2.09. The molecule has 1 aromatic heterocycles. The van der Waals surface area contributed by atoms with Gasteiger partial charge in [-0.05, 0) is 28.1 Å². The third kappa shape index (κ3) is 2.91. The van der Waals surface area contributed by atoms with E-state index in [-0.39, 0.29) is 0 Å². The molecule has 0 saturated carbocycles. The van der Waals surface area contributed by atoms with Crippen LogP contribution in [0.4, 0.5) is 5.69 Å². The molecule has 1 aromatic carbocycles. The van der Waals surface area contributed by atoms with Gasteiger partial charge >= 0.3 is 0 Å². The van der Waals surface area contributed by atoms with Crippen LogP contribution in [0.2, 0.25) is 10.0 Å². The maximum absolute atomic E-state index is 6.08. The van der Waals surface area contributed by atoms with Gasteiger partial charge in [-0.2, -0.15) is 0 Å². The zero-order valence-corrected chi connectivity index (χ0v) is 11.9. The molecule has 0 spiro atoms. The lowest BCUT2D eigenvalue weighted by molar-refractivity contribution is 0.475. The number of benzene rings is 1. The Balaban J connectivity index is 2.12. The zero-order valence-electron chi connectivity index (χ0n) is 8.80. The quantitative estimate of drug-likeness (QED) is 0.859. The van der Waals surface area contributed by atoms with Crippen LogP contribution in [0.3, 0.4) is 0 Å². The summed E-state index contributed by atoms with van der Waals surface area (Å²) in [6.45, 7) is 2.14. The molecular weight excluding hydrogens is 329 g/mol. The molecule has 7 heteroatoms. The average Bonchev–Trinajstić information content (AvgIpc) is 2.71. The van der Waals surface area contributed by atoms with E-state index in [4.69, 9.17) is 27.6 Å². The Kier molecular flexibility index (Phi) is 3.91. The first-order valence-corrected chi connectivity index (χ1v) is 6.29. The van der Waals surface area contributed by atoms with Gasteiger partial charge < -0.3 is 9.73 Å². The van der Waals surface area contributed by atoms with Crippen LogP contribution >= 0.6 is 39.1 Å². The number of aryl methyl sites for hydroxylation is 1. The van der Waals surface area contributed by atoms with Crippen LogP contribution < -0.4 is 5.32 Å². The number of aromatic nitrogens is 2. The summed E-state index contributed by atoms with van der Waals surface area (Å²) in [7, 11) is 0. The summed E-state index contributed by atoms with van der Waals surface area (Å²) in [6, 6.07) is 3.64. The summed E-state index contributed by atoms with van der Waals surface area (Å²) in [4.78, 5) is 0. The number of hydrogen-bond acceptors (Lipinski definition) is 4. The normalized spacial score (nSPS) is 10.6. The Morgan fingerprint density at radius 2 is 2.06 bits per heavy atom. The molecule has 90 valence electrons. The first-order valence-electron chi connectivity index (χ1n) is 4.74. The van der Waals surface area contributed by atoms with E-state index in [1.165, 1.54) is 0 Å². The minimum atomic E-state index is 0.401. The third-order valence-electron chi connectivity index (χ3n) is 2.03. The van der Waals surface area contributed by atoms with Crippen molar-refractivity contribution in [1.29, 1.82) is 0 Å². The fourth-order valence-electron chi connectivity index (χ4n) is 1.24. The molecule has 4 nitrogen and oxygen atoms in total. The first-order chi connectivity index (χ1) is 8.08. The van der Waals surface area contributed by atoms with Crippen molar-refractivity contribution < 1.29 is 4.42 Å². The third-order valence-corrected chi connectivity index (χ3v) is 3.80. The molecule has 0 unspecified atom stereocenters. The van der Waals surface area contributed by atoms with Crippen molar-refractivity contribution >= 4 is 44.8 Å². The van der Waals surface area contributed by atoms with Gasteiger partial charge in [0.05, 0.1) is 22.3 Å². The molecule has 2 rings (SSSR count). The Morgan fingerprint density at radius 3 is 2.71 bits per heavy atom. The van der Waals surface area contributed by atoms with E-state index < -0.39 is 0 Å². The molecular formula is C10H8BrCl2N3O. The van der Waals surface area contributed by atoms with Crippen LogP contribution in [0.1, 0.15) is 11.8 Å². The highest BCUT2D eigenvalue weighted by Crippen LogP contribution is 2.35. The summed E-state index contributed by atoms with van der Waals surface area (Å²) in [5.41, 5.74) is 0.718. The van der Waals surface area contributed by atoms with Crippen molar-refractivity contribution in [2.24, 2.45) is 0 Å². The second kappa shape index (κ2) is 5.25. The predicted octanol–water partition coefficient (Wildman–Crippen LogP) is 4.06. The van der Waals surface area contributed by atoms with Crippen LogP contribution in [-0.2, 0) is 6.54 Å². The van der Waals surface area contributed by atoms with Gasteiger partial charge in [0.15, 0.2) is 0 Å². The minimum absolute atomic E-state index is 0.401. The van der Waals surface area contributed by atoms with E-state index in [0.29, 0.717) is 28.4 Å². The molecule has 1 heterocycles. The second-order valence-corrected chi connectivity index (χ2v) is 4.90. The van der Waals surface area contributed by atoms with Crippen molar-refractivity contribution in [2.45, 2.75) is 13.5 Å². The van der Waals surface area contributed by atoms with E-state index in [1.54, 1.807) is 6.92 Å². The minimum Gasteiger partial charge on any atom is -0.424 e. The van der Waals surface area contributed by atoms with E-state index in [1.807, 2.05) is 12.1 Å². The SMILES string of the molecule is Cc1nnc(CNc2ccc(Br)c(Cl)c2Cl)o1. The van der Waals surface area contributed by atoms with Crippen LogP contribution in [-0.4, -0.2) is 10.2 Å². The monoisotopic (exact) mass is 335 g/mol. The Morgan fingerprint density at radius 1 is 1.29 bits per heavy atom. The molecule has 0 amide bonds. The lowest BCUT2D eigenvalue weighted by atomic mass is 10.3. The van der Waals surface area contributed by atoms with E-state index in [2.05, 4.69) is 31.4 Å². The molecule has 0 radical (unpaired) electrons. The molecule has 17 heavy (non-hydrogen) atoms. The summed E-state index contributed by atoms with van der Waals surface area (Å²) in [5.74, 6) is 1.03. The Bertz CT molecular complexity index is 544. The van der Waals surface area contributed by atoms with Crippen molar-refractivity contribution in [3.05, 3.63) is 38.4 Å². The van der Waals surface area contributed by atoms with Gasteiger partial charge in [0.25, 0.3) is 0 Å². The zero-order chi connectivity index (χ0) is 12.4. The maximum atomic E-state index is 6.08. The topological polar surface area (TPSA) is 51.0 Å². The molecule has 1 N–H and O–H groups in total. The molecule has 0 aliphatic rings.